The molecule has 0 amide bonds. The second kappa shape index (κ2) is 6.81. The Labute approximate surface area is 145 Å². The molecule has 1 N–H and O–H groups in total. The molecule has 0 saturated carbocycles. The predicted octanol–water partition coefficient (Wildman–Crippen LogP) is 4.50. The van der Waals surface area contributed by atoms with Gasteiger partial charge in [0, 0.05) is 32.1 Å². The maximum atomic E-state index is 4.31. The fraction of sp³-hybridized carbons (Fsp3) is 0.429. The van der Waals surface area contributed by atoms with E-state index < -0.39 is 0 Å². The molecule has 0 atom stereocenters. The summed E-state index contributed by atoms with van der Waals surface area (Å²) < 4.78 is 2.26. The van der Waals surface area contributed by atoms with Gasteiger partial charge in [0.15, 0.2) is 0 Å². The van der Waals surface area contributed by atoms with Crippen molar-refractivity contribution in [2.45, 2.75) is 32.7 Å². The number of rotatable bonds is 4. The third-order valence-corrected chi connectivity index (χ3v) is 5.00. The molecule has 1 heterocycles. The van der Waals surface area contributed by atoms with Gasteiger partial charge in [-0.05, 0) is 61.6 Å². The number of halogens is 2. The van der Waals surface area contributed by atoms with Gasteiger partial charge in [-0.2, -0.15) is 0 Å². The van der Waals surface area contributed by atoms with Crippen molar-refractivity contribution in [1.29, 1.82) is 0 Å². The van der Waals surface area contributed by atoms with E-state index in [0.717, 1.165) is 33.0 Å². The number of benzene rings is 1. The third-order valence-electron chi connectivity index (χ3n) is 2.62. The zero-order valence-corrected chi connectivity index (χ0v) is 16.3. The molecule has 0 aliphatic carbocycles. The number of nitrogens with zero attached hydrogens (tertiary/aromatic N) is 2. The summed E-state index contributed by atoms with van der Waals surface area (Å²) in [5, 5.41) is 14.1. The van der Waals surface area contributed by atoms with Crippen molar-refractivity contribution >= 4 is 49.9 Å². The third kappa shape index (κ3) is 4.75. The van der Waals surface area contributed by atoms with Crippen LogP contribution in [0.2, 0.25) is 0 Å². The SMILES string of the molecule is CC(C)(C)NCCc1nnc(-c2cc(I)ccc2Br)s1. The van der Waals surface area contributed by atoms with Gasteiger partial charge in [-0.1, -0.05) is 27.3 Å². The highest BCUT2D eigenvalue weighted by atomic mass is 127. The van der Waals surface area contributed by atoms with Gasteiger partial charge in [0.2, 0.25) is 0 Å². The molecule has 0 radical (unpaired) electrons. The summed E-state index contributed by atoms with van der Waals surface area (Å²) in [4.78, 5) is 0. The number of hydrogen-bond donors (Lipinski definition) is 1. The van der Waals surface area contributed by atoms with Crippen molar-refractivity contribution < 1.29 is 0 Å². The summed E-state index contributed by atoms with van der Waals surface area (Å²) in [5.41, 5.74) is 1.26. The zero-order chi connectivity index (χ0) is 14.8. The molecule has 0 unspecified atom stereocenters. The van der Waals surface area contributed by atoms with Crippen molar-refractivity contribution in [2.24, 2.45) is 0 Å². The van der Waals surface area contributed by atoms with Crippen LogP contribution < -0.4 is 5.32 Å². The summed E-state index contributed by atoms with van der Waals surface area (Å²) in [6.07, 6.45) is 0.913. The van der Waals surface area contributed by atoms with E-state index in [1.807, 2.05) is 0 Å². The second-order valence-corrected chi connectivity index (χ2v) is 8.71. The summed E-state index contributed by atoms with van der Waals surface area (Å²) in [7, 11) is 0. The van der Waals surface area contributed by atoms with E-state index in [0.29, 0.717) is 0 Å². The van der Waals surface area contributed by atoms with E-state index in [2.05, 4.69) is 93.0 Å². The van der Waals surface area contributed by atoms with Crippen LogP contribution in [0.15, 0.2) is 22.7 Å². The van der Waals surface area contributed by atoms with Crippen LogP contribution in [0.4, 0.5) is 0 Å². The molecule has 1 aromatic heterocycles. The van der Waals surface area contributed by atoms with Crippen molar-refractivity contribution in [2.75, 3.05) is 6.54 Å². The summed E-state index contributed by atoms with van der Waals surface area (Å²) >= 11 is 7.55. The highest BCUT2D eigenvalue weighted by Gasteiger charge is 2.12. The first-order valence-corrected chi connectivity index (χ1v) is 9.07. The van der Waals surface area contributed by atoms with Gasteiger partial charge in [0.1, 0.15) is 10.0 Å². The first kappa shape index (κ1) is 16.3. The molecular weight excluding hydrogens is 449 g/mol. The van der Waals surface area contributed by atoms with Gasteiger partial charge in [0.25, 0.3) is 0 Å². The maximum Gasteiger partial charge on any atom is 0.148 e. The maximum absolute atomic E-state index is 4.31. The van der Waals surface area contributed by atoms with Gasteiger partial charge in [-0.15, -0.1) is 10.2 Å². The molecule has 2 aromatic rings. The topological polar surface area (TPSA) is 37.8 Å². The molecule has 6 heteroatoms. The molecule has 3 nitrogen and oxygen atoms in total. The average molecular weight is 466 g/mol. The van der Waals surface area contributed by atoms with Crippen LogP contribution in [0.3, 0.4) is 0 Å². The van der Waals surface area contributed by atoms with Crippen molar-refractivity contribution in [1.82, 2.24) is 15.5 Å². The number of hydrogen-bond acceptors (Lipinski definition) is 4. The van der Waals surface area contributed by atoms with Gasteiger partial charge < -0.3 is 5.32 Å². The van der Waals surface area contributed by atoms with Gasteiger partial charge >= 0.3 is 0 Å². The van der Waals surface area contributed by atoms with Gasteiger partial charge in [-0.3, -0.25) is 0 Å². The smallest absolute Gasteiger partial charge is 0.148 e. The normalized spacial score (nSPS) is 11.8. The highest BCUT2D eigenvalue weighted by Crippen LogP contribution is 2.31. The Kier molecular flexibility index (Phi) is 5.56. The molecular formula is C14H17BrIN3S. The Balaban J connectivity index is 2.07. The zero-order valence-electron chi connectivity index (χ0n) is 11.7. The summed E-state index contributed by atoms with van der Waals surface area (Å²) in [6, 6.07) is 6.25. The monoisotopic (exact) mass is 465 g/mol. The molecule has 108 valence electrons. The first-order chi connectivity index (χ1) is 9.35. The van der Waals surface area contributed by atoms with Crippen LogP contribution in [0.1, 0.15) is 25.8 Å². The minimum atomic E-state index is 0.145. The second-order valence-electron chi connectivity index (χ2n) is 5.55. The lowest BCUT2D eigenvalue weighted by molar-refractivity contribution is 0.429. The molecule has 0 saturated heterocycles. The highest BCUT2D eigenvalue weighted by molar-refractivity contribution is 14.1. The lowest BCUT2D eigenvalue weighted by atomic mass is 10.1. The predicted molar refractivity (Wildman–Crippen MR) is 97.2 cm³/mol. The molecule has 0 aliphatic heterocycles. The first-order valence-electron chi connectivity index (χ1n) is 6.38. The fourth-order valence-corrected chi connectivity index (χ4v) is 3.60. The van der Waals surface area contributed by atoms with Crippen molar-refractivity contribution in [3.63, 3.8) is 0 Å². The molecule has 0 spiro atoms. The van der Waals surface area contributed by atoms with Gasteiger partial charge in [-0.25, -0.2) is 0 Å². The van der Waals surface area contributed by atoms with Crippen LogP contribution >= 0.6 is 49.9 Å². The lowest BCUT2D eigenvalue weighted by Crippen LogP contribution is -2.37. The Morgan fingerprint density at radius 2 is 2.05 bits per heavy atom. The van der Waals surface area contributed by atoms with E-state index in [9.17, 15) is 0 Å². The van der Waals surface area contributed by atoms with E-state index in [4.69, 9.17) is 0 Å². The fourth-order valence-electron chi connectivity index (χ4n) is 1.67. The van der Waals surface area contributed by atoms with Crippen LogP contribution in [0.25, 0.3) is 10.6 Å². The van der Waals surface area contributed by atoms with Crippen molar-refractivity contribution in [3.05, 3.63) is 31.2 Å². The lowest BCUT2D eigenvalue weighted by Gasteiger charge is -2.19. The van der Waals surface area contributed by atoms with E-state index >= 15 is 0 Å². The standard InChI is InChI=1S/C14H17BrIN3S/c1-14(2,3)17-7-6-12-18-19-13(20-12)10-8-9(16)4-5-11(10)15/h4-5,8,17H,6-7H2,1-3H3. The molecule has 0 fully saturated rings. The summed E-state index contributed by atoms with van der Waals surface area (Å²) in [6.45, 7) is 7.43. The van der Waals surface area contributed by atoms with E-state index in [-0.39, 0.29) is 5.54 Å². The largest absolute Gasteiger partial charge is 0.312 e. The average Bonchev–Trinajstić information content (AvgIpc) is 2.79. The van der Waals surface area contributed by atoms with E-state index in [1.54, 1.807) is 11.3 Å². The van der Waals surface area contributed by atoms with Crippen molar-refractivity contribution in [3.8, 4) is 10.6 Å². The Hall–Kier alpha value is -0.0500. The number of aromatic nitrogens is 2. The molecule has 20 heavy (non-hydrogen) atoms. The minimum absolute atomic E-state index is 0.145. The number of nitrogens with one attached hydrogen (secondary N) is 1. The van der Waals surface area contributed by atoms with Crippen LogP contribution in [0, 0.1) is 3.57 Å². The molecule has 2 rings (SSSR count). The molecule has 1 aromatic carbocycles. The Bertz CT molecular complexity index is 592. The van der Waals surface area contributed by atoms with Crippen LogP contribution in [0.5, 0.6) is 0 Å². The van der Waals surface area contributed by atoms with Crippen LogP contribution in [-0.2, 0) is 6.42 Å². The Morgan fingerprint density at radius 1 is 1.30 bits per heavy atom. The quantitative estimate of drug-likeness (QED) is 0.675. The summed E-state index contributed by atoms with van der Waals surface area (Å²) in [5.74, 6) is 0. The van der Waals surface area contributed by atoms with E-state index in [1.165, 1.54) is 3.57 Å². The minimum Gasteiger partial charge on any atom is -0.312 e. The molecule has 0 aliphatic rings. The van der Waals surface area contributed by atoms with Crippen LogP contribution in [-0.4, -0.2) is 22.3 Å². The molecule has 0 bridgehead atoms. The Morgan fingerprint density at radius 3 is 2.75 bits per heavy atom. The van der Waals surface area contributed by atoms with Gasteiger partial charge in [0.05, 0.1) is 0 Å².